The molecule has 5 rings (SSSR count). The fourth-order valence-electron chi connectivity index (χ4n) is 3.30. The summed E-state index contributed by atoms with van der Waals surface area (Å²) in [6.45, 7) is 1.69. The molecule has 0 aromatic heterocycles. The van der Waals surface area contributed by atoms with E-state index in [1.807, 2.05) is 0 Å². The molecule has 0 bridgehead atoms. The lowest BCUT2D eigenvalue weighted by Gasteiger charge is -2.20. The summed E-state index contributed by atoms with van der Waals surface area (Å²) < 4.78 is 0. The van der Waals surface area contributed by atoms with Gasteiger partial charge in [0.2, 0.25) is 0 Å². The minimum atomic E-state index is 0.240. The third-order valence-corrected chi connectivity index (χ3v) is 6.56. The van der Waals surface area contributed by atoms with Gasteiger partial charge in [0.05, 0.1) is 19.1 Å². The van der Waals surface area contributed by atoms with E-state index in [2.05, 4.69) is 75.2 Å². The molecule has 2 aromatic rings. The zero-order valence-corrected chi connectivity index (χ0v) is 15.8. The van der Waals surface area contributed by atoms with Crippen molar-refractivity contribution >= 4 is 39.5 Å². The molecule has 26 heavy (non-hydrogen) atoms. The van der Waals surface area contributed by atoms with E-state index >= 15 is 0 Å². The number of amidine groups is 2. The van der Waals surface area contributed by atoms with E-state index in [1.54, 1.807) is 23.5 Å². The number of hydrogen-bond acceptors (Lipinski definition) is 6. The Morgan fingerprint density at radius 1 is 1.12 bits per heavy atom. The molecule has 0 spiro atoms. The highest BCUT2D eigenvalue weighted by atomic mass is 32.2. The van der Waals surface area contributed by atoms with E-state index in [1.165, 1.54) is 22.5 Å². The summed E-state index contributed by atoms with van der Waals surface area (Å²) >= 11 is 3.50. The maximum Gasteiger partial charge on any atom is 0.168 e. The number of benzene rings is 2. The highest BCUT2D eigenvalue weighted by molar-refractivity contribution is 8.17. The molecule has 0 aliphatic carbocycles. The fraction of sp³-hybridized carbons (Fsp3) is 0.200. The van der Waals surface area contributed by atoms with E-state index in [4.69, 9.17) is 4.99 Å². The summed E-state index contributed by atoms with van der Waals surface area (Å²) in [5.41, 5.74) is 5.04. The number of para-hydroxylation sites is 1. The zero-order chi connectivity index (χ0) is 17.3. The van der Waals surface area contributed by atoms with E-state index in [-0.39, 0.29) is 6.04 Å². The quantitative estimate of drug-likeness (QED) is 0.840. The van der Waals surface area contributed by atoms with E-state index in [0.717, 1.165) is 29.2 Å². The van der Waals surface area contributed by atoms with Gasteiger partial charge in [0.25, 0.3) is 0 Å². The van der Waals surface area contributed by atoms with Gasteiger partial charge in [-0.1, -0.05) is 72.1 Å². The minimum absolute atomic E-state index is 0.240. The Hall–Kier alpha value is -2.18. The van der Waals surface area contributed by atoms with Crippen molar-refractivity contribution in [1.29, 1.82) is 0 Å². The first-order valence-electron chi connectivity index (χ1n) is 8.65. The average molecular weight is 379 g/mol. The van der Waals surface area contributed by atoms with Gasteiger partial charge >= 0.3 is 0 Å². The van der Waals surface area contributed by atoms with E-state index in [0.29, 0.717) is 0 Å². The lowest BCUT2D eigenvalue weighted by atomic mass is 10.1. The molecule has 0 fully saturated rings. The van der Waals surface area contributed by atoms with Crippen LogP contribution in [-0.4, -0.2) is 27.5 Å². The normalized spacial score (nSPS) is 20.7. The van der Waals surface area contributed by atoms with E-state index < -0.39 is 0 Å². The van der Waals surface area contributed by atoms with Crippen molar-refractivity contribution in [3.63, 3.8) is 0 Å². The number of rotatable bonds is 3. The van der Waals surface area contributed by atoms with Crippen LogP contribution in [0.3, 0.4) is 0 Å². The molecule has 3 aliphatic rings. The summed E-state index contributed by atoms with van der Waals surface area (Å²) in [5.74, 6) is 0.904. The van der Waals surface area contributed by atoms with Crippen molar-refractivity contribution in [2.45, 2.75) is 12.6 Å². The molecule has 1 atom stereocenters. The molecular weight excluding hydrogens is 360 g/mol. The minimum Gasteiger partial charge on any atom is -0.335 e. The van der Waals surface area contributed by atoms with Gasteiger partial charge in [0.15, 0.2) is 10.3 Å². The Morgan fingerprint density at radius 3 is 2.88 bits per heavy atom. The number of anilines is 1. The van der Waals surface area contributed by atoms with Gasteiger partial charge in [0.1, 0.15) is 0 Å². The average Bonchev–Trinajstić information content (AvgIpc) is 3.28. The van der Waals surface area contributed by atoms with Crippen LogP contribution in [0.5, 0.6) is 0 Å². The van der Waals surface area contributed by atoms with Crippen molar-refractivity contribution in [2.75, 3.05) is 17.6 Å². The molecule has 4 nitrogen and oxygen atoms in total. The Kier molecular flexibility index (Phi) is 4.22. The predicted octanol–water partition coefficient (Wildman–Crippen LogP) is 4.70. The predicted molar refractivity (Wildman–Crippen MR) is 113 cm³/mol. The van der Waals surface area contributed by atoms with Crippen LogP contribution >= 0.6 is 23.5 Å². The van der Waals surface area contributed by atoms with Gasteiger partial charge in [-0.3, -0.25) is 9.98 Å². The Balaban J connectivity index is 1.22. The Morgan fingerprint density at radius 2 is 1.96 bits per heavy atom. The van der Waals surface area contributed by atoms with Gasteiger partial charge in [-0.15, -0.1) is 0 Å². The van der Waals surface area contributed by atoms with Crippen molar-refractivity contribution in [3.05, 3.63) is 76.8 Å². The van der Waals surface area contributed by atoms with Crippen LogP contribution in [0, 0.1) is 0 Å². The van der Waals surface area contributed by atoms with Gasteiger partial charge in [0, 0.05) is 17.1 Å². The number of thioether (sulfide) groups is 2. The highest BCUT2D eigenvalue weighted by Gasteiger charge is 2.32. The first-order valence-corrected chi connectivity index (χ1v) is 10.5. The first-order chi connectivity index (χ1) is 12.9. The zero-order valence-electron chi connectivity index (χ0n) is 14.1. The third-order valence-electron chi connectivity index (χ3n) is 4.69. The van der Waals surface area contributed by atoms with Gasteiger partial charge in [-0.25, -0.2) is 0 Å². The summed E-state index contributed by atoms with van der Waals surface area (Å²) in [7, 11) is 0. The summed E-state index contributed by atoms with van der Waals surface area (Å²) in [6.07, 6.45) is 0. The van der Waals surface area contributed by atoms with Gasteiger partial charge in [-0.2, -0.15) is 0 Å². The fourth-order valence-corrected chi connectivity index (χ4v) is 5.22. The van der Waals surface area contributed by atoms with Crippen LogP contribution in [0.4, 0.5) is 5.69 Å². The van der Waals surface area contributed by atoms with Crippen LogP contribution in [0.25, 0.3) is 0 Å². The SMILES string of the molecule is C1=C(CSC2=NCc3ccccc3N2)N2CC(c3ccccc3)N=C2S1. The largest absolute Gasteiger partial charge is 0.335 e. The van der Waals surface area contributed by atoms with Crippen LogP contribution < -0.4 is 5.32 Å². The number of hydrogen-bond donors (Lipinski definition) is 1. The molecule has 6 heteroatoms. The number of nitrogens with one attached hydrogen (secondary N) is 1. The standard InChI is InChI=1S/C20H18N4S2/c1-2-6-14(7-3-1)18-11-24-16(13-26-20(24)23-18)12-25-19-21-10-15-8-4-5-9-17(15)22-19/h1-9,13,18H,10-12H2,(H,21,22). The Labute approximate surface area is 161 Å². The molecule has 3 heterocycles. The maximum absolute atomic E-state index is 4.89. The molecular formula is C20H18N4S2. The lowest BCUT2D eigenvalue weighted by molar-refractivity contribution is 0.525. The number of nitrogens with zero attached hydrogens (tertiary/aromatic N) is 3. The van der Waals surface area contributed by atoms with Crippen LogP contribution in [0.2, 0.25) is 0 Å². The molecule has 2 aromatic carbocycles. The first kappa shape index (κ1) is 16.0. The molecule has 1 N–H and O–H groups in total. The van der Waals surface area contributed by atoms with Gasteiger partial charge in [-0.05, 0) is 22.6 Å². The number of aliphatic imine (C=N–C) groups is 2. The van der Waals surface area contributed by atoms with E-state index in [9.17, 15) is 0 Å². The van der Waals surface area contributed by atoms with Crippen LogP contribution in [0.1, 0.15) is 17.2 Å². The molecule has 0 radical (unpaired) electrons. The molecule has 130 valence electrons. The summed E-state index contributed by atoms with van der Waals surface area (Å²) in [6, 6.07) is 19.2. The third kappa shape index (κ3) is 3.04. The van der Waals surface area contributed by atoms with Crippen molar-refractivity contribution in [1.82, 2.24) is 4.90 Å². The topological polar surface area (TPSA) is 40.0 Å². The lowest BCUT2D eigenvalue weighted by Crippen LogP contribution is -2.24. The molecule has 0 amide bonds. The Bertz CT molecular complexity index is 920. The number of fused-ring (bicyclic) bond motifs is 2. The summed E-state index contributed by atoms with van der Waals surface area (Å²) in [4.78, 5) is 11.9. The van der Waals surface area contributed by atoms with Crippen molar-refractivity contribution < 1.29 is 0 Å². The smallest absolute Gasteiger partial charge is 0.168 e. The maximum atomic E-state index is 4.89. The van der Waals surface area contributed by atoms with Crippen LogP contribution in [-0.2, 0) is 6.54 Å². The monoisotopic (exact) mass is 378 g/mol. The molecule has 3 aliphatic heterocycles. The second kappa shape index (κ2) is 6.85. The molecule has 1 unspecified atom stereocenters. The molecule has 0 saturated carbocycles. The highest BCUT2D eigenvalue weighted by Crippen LogP contribution is 2.38. The summed E-state index contributed by atoms with van der Waals surface area (Å²) in [5, 5.41) is 7.79. The van der Waals surface area contributed by atoms with Gasteiger partial charge < -0.3 is 10.2 Å². The van der Waals surface area contributed by atoms with Crippen LogP contribution in [0.15, 0.2) is 75.7 Å². The molecule has 0 saturated heterocycles. The van der Waals surface area contributed by atoms with Crippen molar-refractivity contribution in [2.24, 2.45) is 9.98 Å². The second-order valence-corrected chi connectivity index (χ2v) is 8.17. The van der Waals surface area contributed by atoms with Crippen molar-refractivity contribution in [3.8, 4) is 0 Å². The second-order valence-electron chi connectivity index (χ2n) is 6.37.